The Hall–Kier alpha value is -0.910. The third kappa shape index (κ3) is 3.59. The van der Waals surface area contributed by atoms with Crippen LogP contribution in [0.15, 0.2) is 12.1 Å². The van der Waals surface area contributed by atoms with E-state index in [1.54, 1.807) is 18.4 Å². The molecule has 0 saturated heterocycles. The topological polar surface area (TPSA) is 58.6 Å². The van der Waals surface area contributed by atoms with Gasteiger partial charge in [0.15, 0.2) is 0 Å². The number of ether oxygens (including phenoxy) is 1. The summed E-state index contributed by atoms with van der Waals surface area (Å²) in [7, 11) is 1.60. The second-order valence-electron chi connectivity index (χ2n) is 3.38. The van der Waals surface area contributed by atoms with Gasteiger partial charge in [-0.25, -0.2) is 0 Å². The molecule has 1 atom stereocenters. The SMILES string of the molecule is CCc1ccc(C(NCCOC)C(=O)O)s1. The molecule has 90 valence electrons. The number of carbonyl (C=O) groups is 1. The molecule has 0 aliphatic rings. The van der Waals surface area contributed by atoms with E-state index in [9.17, 15) is 4.79 Å². The van der Waals surface area contributed by atoms with Crippen LogP contribution in [0, 0.1) is 0 Å². The van der Waals surface area contributed by atoms with E-state index >= 15 is 0 Å². The number of hydrogen-bond donors (Lipinski definition) is 2. The summed E-state index contributed by atoms with van der Waals surface area (Å²) in [5.74, 6) is -0.847. The molecule has 4 nitrogen and oxygen atoms in total. The van der Waals surface area contributed by atoms with Crippen molar-refractivity contribution < 1.29 is 14.6 Å². The van der Waals surface area contributed by atoms with Gasteiger partial charge in [-0.15, -0.1) is 11.3 Å². The van der Waals surface area contributed by atoms with E-state index in [0.29, 0.717) is 13.2 Å². The molecule has 0 amide bonds. The first kappa shape index (κ1) is 13.2. The summed E-state index contributed by atoms with van der Waals surface area (Å²) in [6, 6.07) is 3.23. The minimum absolute atomic E-state index is 0.510. The van der Waals surface area contributed by atoms with Crippen LogP contribution in [0.2, 0.25) is 0 Å². The summed E-state index contributed by atoms with van der Waals surface area (Å²) in [6.07, 6.45) is 0.940. The van der Waals surface area contributed by atoms with Crippen molar-refractivity contribution >= 4 is 17.3 Å². The van der Waals surface area contributed by atoms with Gasteiger partial charge in [0, 0.05) is 23.4 Å². The van der Waals surface area contributed by atoms with Crippen LogP contribution in [0.25, 0.3) is 0 Å². The number of methoxy groups -OCH3 is 1. The van der Waals surface area contributed by atoms with Gasteiger partial charge in [0.05, 0.1) is 6.61 Å². The number of carboxylic acids is 1. The highest BCUT2D eigenvalue weighted by Crippen LogP contribution is 2.23. The van der Waals surface area contributed by atoms with Crippen LogP contribution in [-0.2, 0) is 16.0 Å². The van der Waals surface area contributed by atoms with Crippen LogP contribution in [0.4, 0.5) is 0 Å². The van der Waals surface area contributed by atoms with Crippen LogP contribution in [0.3, 0.4) is 0 Å². The average molecular weight is 243 g/mol. The second kappa shape index (κ2) is 6.62. The summed E-state index contributed by atoms with van der Waals surface area (Å²) in [4.78, 5) is 13.1. The maximum absolute atomic E-state index is 11.1. The molecule has 5 heteroatoms. The lowest BCUT2D eigenvalue weighted by Crippen LogP contribution is -2.30. The van der Waals surface area contributed by atoms with Gasteiger partial charge in [-0.2, -0.15) is 0 Å². The maximum atomic E-state index is 11.1. The summed E-state index contributed by atoms with van der Waals surface area (Å²) >= 11 is 1.54. The van der Waals surface area contributed by atoms with Crippen molar-refractivity contribution in [2.24, 2.45) is 0 Å². The second-order valence-corrected chi connectivity index (χ2v) is 4.58. The molecular formula is C11H17NO3S. The number of hydrogen-bond acceptors (Lipinski definition) is 4. The van der Waals surface area contributed by atoms with Gasteiger partial charge in [0.1, 0.15) is 6.04 Å². The van der Waals surface area contributed by atoms with Gasteiger partial charge >= 0.3 is 5.97 Å². The molecule has 0 radical (unpaired) electrons. The number of carboxylic acid groups (broad SMARTS) is 1. The van der Waals surface area contributed by atoms with E-state index in [0.717, 1.165) is 11.3 Å². The fourth-order valence-electron chi connectivity index (χ4n) is 1.35. The van der Waals surface area contributed by atoms with Crippen LogP contribution in [-0.4, -0.2) is 31.3 Å². The van der Waals surface area contributed by atoms with Crippen molar-refractivity contribution in [3.63, 3.8) is 0 Å². The number of rotatable bonds is 7. The third-order valence-corrected chi connectivity index (χ3v) is 3.51. The summed E-state index contributed by atoms with van der Waals surface area (Å²) < 4.78 is 4.88. The maximum Gasteiger partial charge on any atom is 0.326 e. The van der Waals surface area contributed by atoms with Gasteiger partial charge in [0.2, 0.25) is 0 Å². The molecule has 1 aromatic heterocycles. The third-order valence-electron chi connectivity index (χ3n) is 2.22. The monoisotopic (exact) mass is 243 g/mol. The predicted octanol–water partition coefficient (Wildman–Crippen LogP) is 1.67. The first-order valence-electron chi connectivity index (χ1n) is 5.22. The summed E-state index contributed by atoms with van der Waals surface area (Å²) in [5, 5.41) is 12.1. The van der Waals surface area contributed by atoms with Gasteiger partial charge < -0.3 is 9.84 Å². The Morgan fingerprint density at radius 2 is 2.38 bits per heavy atom. The van der Waals surface area contributed by atoms with E-state index in [4.69, 9.17) is 9.84 Å². The predicted molar refractivity (Wildman–Crippen MR) is 64.0 cm³/mol. The van der Waals surface area contributed by atoms with Crippen LogP contribution in [0.5, 0.6) is 0 Å². The minimum Gasteiger partial charge on any atom is -0.480 e. The quantitative estimate of drug-likeness (QED) is 0.715. The molecule has 0 aliphatic carbocycles. The van der Waals surface area contributed by atoms with E-state index in [2.05, 4.69) is 12.2 Å². The minimum atomic E-state index is -0.847. The molecule has 0 bridgehead atoms. The number of nitrogens with one attached hydrogen (secondary N) is 1. The van der Waals surface area contributed by atoms with Gasteiger partial charge in [-0.05, 0) is 18.6 Å². The van der Waals surface area contributed by atoms with Crippen LogP contribution < -0.4 is 5.32 Å². The van der Waals surface area contributed by atoms with Crippen LogP contribution >= 0.6 is 11.3 Å². The largest absolute Gasteiger partial charge is 0.480 e. The van der Waals surface area contributed by atoms with Crippen LogP contribution in [0.1, 0.15) is 22.7 Å². The Morgan fingerprint density at radius 3 is 2.88 bits per heavy atom. The number of aliphatic carboxylic acids is 1. The van der Waals surface area contributed by atoms with E-state index < -0.39 is 12.0 Å². The Labute approximate surface area is 99.2 Å². The van der Waals surface area contributed by atoms with Crippen molar-refractivity contribution in [3.05, 3.63) is 21.9 Å². The fourth-order valence-corrected chi connectivity index (χ4v) is 2.38. The van der Waals surface area contributed by atoms with Crippen molar-refractivity contribution in [1.29, 1.82) is 0 Å². The normalized spacial score (nSPS) is 12.6. The number of aryl methyl sites for hydroxylation is 1. The molecular weight excluding hydrogens is 226 g/mol. The van der Waals surface area contributed by atoms with E-state index in [-0.39, 0.29) is 0 Å². The van der Waals surface area contributed by atoms with Crippen molar-refractivity contribution in [2.45, 2.75) is 19.4 Å². The highest BCUT2D eigenvalue weighted by Gasteiger charge is 2.20. The molecule has 2 N–H and O–H groups in total. The molecule has 1 rings (SSSR count). The zero-order valence-corrected chi connectivity index (χ0v) is 10.3. The van der Waals surface area contributed by atoms with Crippen molar-refractivity contribution in [3.8, 4) is 0 Å². The standard InChI is InChI=1S/C11H17NO3S/c1-3-8-4-5-9(16-8)10(11(13)14)12-6-7-15-2/h4-5,10,12H,3,6-7H2,1-2H3,(H,13,14). The van der Waals surface area contributed by atoms with Crippen molar-refractivity contribution in [2.75, 3.05) is 20.3 Å². The Balaban J connectivity index is 2.65. The molecule has 1 aromatic rings. The summed E-state index contributed by atoms with van der Waals surface area (Å²) in [5.41, 5.74) is 0. The Kier molecular flexibility index (Phi) is 5.45. The first-order chi connectivity index (χ1) is 7.69. The Bertz CT molecular complexity index is 338. The number of thiophene rings is 1. The smallest absolute Gasteiger partial charge is 0.326 e. The lowest BCUT2D eigenvalue weighted by atomic mass is 10.2. The molecule has 16 heavy (non-hydrogen) atoms. The average Bonchev–Trinajstić information content (AvgIpc) is 2.72. The molecule has 0 aromatic carbocycles. The molecule has 0 aliphatic heterocycles. The highest BCUT2D eigenvalue weighted by molar-refractivity contribution is 7.12. The lowest BCUT2D eigenvalue weighted by molar-refractivity contribution is -0.139. The summed E-state index contributed by atoms with van der Waals surface area (Å²) in [6.45, 7) is 3.10. The molecule has 1 heterocycles. The zero-order valence-electron chi connectivity index (χ0n) is 9.53. The Morgan fingerprint density at radius 1 is 1.62 bits per heavy atom. The fraction of sp³-hybridized carbons (Fsp3) is 0.545. The zero-order chi connectivity index (χ0) is 12.0. The molecule has 1 unspecified atom stereocenters. The molecule has 0 spiro atoms. The van der Waals surface area contributed by atoms with Gasteiger partial charge in [-0.1, -0.05) is 6.92 Å². The highest BCUT2D eigenvalue weighted by atomic mass is 32.1. The van der Waals surface area contributed by atoms with Crippen molar-refractivity contribution in [1.82, 2.24) is 5.32 Å². The molecule has 0 fully saturated rings. The lowest BCUT2D eigenvalue weighted by Gasteiger charge is -2.12. The molecule has 0 saturated carbocycles. The van der Waals surface area contributed by atoms with Gasteiger partial charge in [0.25, 0.3) is 0 Å². The van der Waals surface area contributed by atoms with E-state index in [1.807, 2.05) is 12.1 Å². The van der Waals surface area contributed by atoms with E-state index in [1.165, 1.54) is 4.88 Å². The first-order valence-corrected chi connectivity index (χ1v) is 6.04. The van der Waals surface area contributed by atoms with Gasteiger partial charge in [-0.3, -0.25) is 10.1 Å².